The van der Waals surface area contributed by atoms with Crippen LogP contribution in [0, 0.1) is 5.92 Å². The van der Waals surface area contributed by atoms with Crippen molar-refractivity contribution in [2.45, 2.75) is 0 Å². The van der Waals surface area contributed by atoms with Gasteiger partial charge in [0, 0.05) is 11.1 Å². The summed E-state index contributed by atoms with van der Waals surface area (Å²) in [7, 11) is 1.16. The molecule has 0 aliphatic carbocycles. The lowest BCUT2D eigenvalue weighted by atomic mass is 9.90. The van der Waals surface area contributed by atoms with Crippen molar-refractivity contribution < 1.29 is 19.1 Å². The largest absolute Gasteiger partial charge is 0.468 e. The highest BCUT2D eigenvalue weighted by molar-refractivity contribution is 6.26. The van der Waals surface area contributed by atoms with Gasteiger partial charge in [-0.25, -0.2) is 0 Å². The van der Waals surface area contributed by atoms with Crippen LogP contribution in [0.2, 0.25) is 0 Å². The van der Waals surface area contributed by atoms with Gasteiger partial charge >= 0.3 is 5.97 Å². The Morgan fingerprint density at radius 1 is 0.762 bits per heavy atom. The van der Waals surface area contributed by atoms with E-state index in [-0.39, 0.29) is 0 Å². The summed E-state index contributed by atoms with van der Waals surface area (Å²) < 4.78 is 4.62. The van der Waals surface area contributed by atoms with E-state index in [9.17, 15) is 14.4 Å². The number of esters is 1. The van der Waals surface area contributed by atoms with E-state index in [0.717, 1.165) is 7.11 Å². The zero-order valence-corrected chi connectivity index (χ0v) is 11.5. The molecule has 0 unspecified atom stereocenters. The van der Waals surface area contributed by atoms with E-state index in [1.807, 2.05) is 0 Å². The molecule has 2 rings (SSSR count). The molecule has 2 aromatic rings. The van der Waals surface area contributed by atoms with Crippen LogP contribution >= 0.6 is 0 Å². The van der Waals surface area contributed by atoms with Crippen LogP contribution in [0.1, 0.15) is 20.7 Å². The predicted molar refractivity (Wildman–Crippen MR) is 77.1 cm³/mol. The van der Waals surface area contributed by atoms with Gasteiger partial charge in [0.05, 0.1) is 7.11 Å². The second-order valence-electron chi connectivity index (χ2n) is 4.42. The van der Waals surface area contributed by atoms with E-state index >= 15 is 0 Å². The van der Waals surface area contributed by atoms with Crippen LogP contribution in [0.25, 0.3) is 0 Å². The number of Topliss-reactive ketones (excluding diaryl/α,β-unsaturated/α-hetero) is 2. The molecule has 0 aromatic heterocycles. The third-order valence-corrected chi connectivity index (χ3v) is 3.08. The molecule has 0 N–H and O–H groups in total. The maximum atomic E-state index is 12.4. The highest BCUT2D eigenvalue weighted by Gasteiger charge is 2.35. The molecule has 0 saturated heterocycles. The van der Waals surface area contributed by atoms with Crippen LogP contribution < -0.4 is 0 Å². The van der Waals surface area contributed by atoms with Gasteiger partial charge in [-0.3, -0.25) is 14.4 Å². The van der Waals surface area contributed by atoms with Gasteiger partial charge in [-0.2, -0.15) is 0 Å². The SMILES string of the molecule is COC(=O)C(C(=O)c1ccccc1)C(=O)c1ccccc1. The average molecular weight is 282 g/mol. The molecule has 2 aromatic carbocycles. The van der Waals surface area contributed by atoms with E-state index < -0.39 is 23.5 Å². The van der Waals surface area contributed by atoms with Gasteiger partial charge in [0.25, 0.3) is 0 Å². The minimum Gasteiger partial charge on any atom is -0.468 e. The smallest absolute Gasteiger partial charge is 0.324 e. The molecule has 0 amide bonds. The lowest BCUT2D eigenvalue weighted by Crippen LogP contribution is -2.33. The molecule has 106 valence electrons. The molecule has 0 saturated carbocycles. The summed E-state index contributed by atoms with van der Waals surface area (Å²) in [6, 6.07) is 16.5. The van der Waals surface area contributed by atoms with Gasteiger partial charge in [-0.05, 0) is 0 Å². The Bertz CT molecular complexity index is 596. The van der Waals surface area contributed by atoms with Crippen molar-refractivity contribution in [2.75, 3.05) is 7.11 Å². The molecule has 0 heterocycles. The van der Waals surface area contributed by atoms with E-state index in [1.165, 1.54) is 0 Å². The second-order valence-corrected chi connectivity index (χ2v) is 4.42. The highest BCUT2D eigenvalue weighted by Crippen LogP contribution is 2.16. The Morgan fingerprint density at radius 2 is 1.14 bits per heavy atom. The summed E-state index contributed by atoms with van der Waals surface area (Å²) in [5, 5.41) is 0. The Hall–Kier alpha value is -2.75. The standard InChI is InChI=1S/C17H14O4/c1-21-17(20)14(15(18)12-8-4-2-5-9-12)16(19)13-10-6-3-7-11-13/h2-11,14H,1H3. The molecule has 4 heteroatoms. The number of ether oxygens (including phenoxy) is 1. The minimum atomic E-state index is -1.47. The van der Waals surface area contributed by atoms with Crippen molar-refractivity contribution >= 4 is 17.5 Å². The fourth-order valence-electron chi connectivity index (χ4n) is 1.99. The molecule has 0 spiro atoms. The van der Waals surface area contributed by atoms with Gasteiger partial charge in [0.2, 0.25) is 0 Å². The summed E-state index contributed by atoms with van der Waals surface area (Å²) in [5.74, 6) is -3.44. The normalized spacial score (nSPS) is 10.2. The quantitative estimate of drug-likeness (QED) is 0.480. The van der Waals surface area contributed by atoms with E-state index in [1.54, 1.807) is 60.7 Å². The molecular formula is C17H14O4. The number of ketones is 2. The van der Waals surface area contributed by atoms with Crippen molar-refractivity contribution in [2.24, 2.45) is 5.92 Å². The zero-order valence-electron chi connectivity index (χ0n) is 11.5. The Morgan fingerprint density at radius 3 is 1.48 bits per heavy atom. The van der Waals surface area contributed by atoms with Gasteiger partial charge in [-0.15, -0.1) is 0 Å². The van der Waals surface area contributed by atoms with Crippen LogP contribution in [0.3, 0.4) is 0 Å². The van der Waals surface area contributed by atoms with Crippen molar-refractivity contribution in [1.82, 2.24) is 0 Å². The molecule has 4 nitrogen and oxygen atoms in total. The summed E-state index contributed by atoms with van der Waals surface area (Å²) in [6.07, 6.45) is 0. The number of rotatable bonds is 5. The van der Waals surface area contributed by atoms with Crippen molar-refractivity contribution in [1.29, 1.82) is 0 Å². The fourth-order valence-corrected chi connectivity index (χ4v) is 1.99. The molecule has 21 heavy (non-hydrogen) atoms. The molecule has 0 radical (unpaired) electrons. The highest BCUT2D eigenvalue weighted by atomic mass is 16.5. The monoisotopic (exact) mass is 282 g/mol. The third-order valence-electron chi connectivity index (χ3n) is 3.08. The van der Waals surface area contributed by atoms with Gasteiger partial charge in [-0.1, -0.05) is 60.7 Å². The number of hydrogen-bond acceptors (Lipinski definition) is 4. The molecule has 0 atom stereocenters. The third kappa shape index (κ3) is 3.23. The van der Waals surface area contributed by atoms with Gasteiger partial charge in [0.1, 0.15) is 0 Å². The average Bonchev–Trinajstić information content (AvgIpc) is 2.56. The first-order valence-electron chi connectivity index (χ1n) is 6.41. The first-order chi connectivity index (χ1) is 10.1. The maximum absolute atomic E-state index is 12.4. The Balaban J connectivity index is 2.38. The lowest BCUT2D eigenvalue weighted by Gasteiger charge is -2.12. The number of carbonyl (C=O) groups excluding carboxylic acids is 3. The molecule has 0 aliphatic heterocycles. The van der Waals surface area contributed by atoms with Gasteiger partial charge < -0.3 is 4.74 Å². The van der Waals surface area contributed by atoms with Crippen LogP contribution in [-0.2, 0) is 9.53 Å². The van der Waals surface area contributed by atoms with E-state index in [2.05, 4.69) is 4.74 Å². The summed E-state index contributed by atoms with van der Waals surface area (Å²) in [5.41, 5.74) is 0.606. The number of methoxy groups -OCH3 is 1. The first-order valence-corrected chi connectivity index (χ1v) is 6.41. The predicted octanol–water partition coefficient (Wildman–Crippen LogP) is 2.54. The summed E-state index contributed by atoms with van der Waals surface area (Å²) >= 11 is 0. The van der Waals surface area contributed by atoms with Crippen molar-refractivity contribution in [3.8, 4) is 0 Å². The van der Waals surface area contributed by atoms with E-state index in [0.29, 0.717) is 11.1 Å². The minimum absolute atomic E-state index is 0.303. The van der Waals surface area contributed by atoms with E-state index in [4.69, 9.17) is 0 Å². The lowest BCUT2D eigenvalue weighted by molar-refractivity contribution is -0.142. The number of hydrogen-bond donors (Lipinski definition) is 0. The van der Waals surface area contributed by atoms with Crippen LogP contribution in [0.5, 0.6) is 0 Å². The fraction of sp³-hybridized carbons (Fsp3) is 0.118. The zero-order chi connectivity index (χ0) is 15.2. The molecule has 0 aliphatic rings. The molecular weight excluding hydrogens is 268 g/mol. The number of benzene rings is 2. The first kappa shape index (κ1) is 14.7. The Kier molecular flexibility index (Phi) is 4.61. The topological polar surface area (TPSA) is 60.4 Å². The van der Waals surface area contributed by atoms with Crippen molar-refractivity contribution in [3.05, 3.63) is 71.8 Å². The Labute approximate surface area is 122 Å². The van der Waals surface area contributed by atoms with Crippen LogP contribution in [0.4, 0.5) is 0 Å². The summed E-state index contributed by atoms with van der Waals surface area (Å²) in [6.45, 7) is 0. The molecule has 0 fully saturated rings. The van der Waals surface area contributed by atoms with Gasteiger partial charge in [0.15, 0.2) is 17.5 Å². The second kappa shape index (κ2) is 6.61. The van der Waals surface area contributed by atoms with Crippen LogP contribution in [0.15, 0.2) is 60.7 Å². The summed E-state index contributed by atoms with van der Waals surface area (Å²) in [4.78, 5) is 36.8. The number of carbonyl (C=O) groups is 3. The van der Waals surface area contributed by atoms with Crippen molar-refractivity contribution in [3.63, 3.8) is 0 Å². The maximum Gasteiger partial charge on any atom is 0.324 e. The molecule has 0 bridgehead atoms. The van der Waals surface area contributed by atoms with Crippen LogP contribution in [-0.4, -0.2) is 24.6 Å².